The molecule has 3 aromatic rings. The largest absolute Gasteiger partial charge is 0.482 e. The Morgan fingerprint density at radius 3 is 2.69 bits per heavy atom. The fraction of sp³-hybridized carbons (Fsp3) is 0.111. The number of benzene rings is 2. The molecule has 1 heterocycles. The second-order valence-electron chi connectivity index (χ2n) is 5.49. The maximum Gasteiger partial charge on any atom is 0.336 e. The Bertz CT molecular complexity index is 1060. The summed E-state index contributed by atoms with van der Waals surface area (Å²) in [5, 5.41) is 3.36. The summed E-state index contributed by atoms with van der Waals surface area (Å²) in [6.45, 7) is 1.41. The number of hydrogen-bond acceptors (Lipinski definition) is 4. The quantitative estimate of drug-likeness (QED) is 0.657. The predicted molar refractivity (Wildman–Crippen MR) is 97.8 cm³/mol. The van der Waals surface area contributed by atoms with E-state index < -0.39 is 17.3 Å². The molecule has 134 valence electrons. The SMILES string of the molecule is Cc1cc(=O)oc2cc(OCC(=O)Nc3ccc(F)c(Cl)c3)c(Cl)cc12. The van der Waals surface area contributed by atoms with Crippen LogP contribution in [-0.4, -0.2) is 12.5 Å². The molecule has 2 aromatic carbocycles. The lowest BCUT2D eigenvalue weighted by Gasteiger charge is -2.10. The van der Waals surface area contributed by atoms with Crippen LogP contribution in [0.2, 0.25) is 10.0 Å². The van der Waals surface area contributed by atoms with Gasteiger partial charge >= 0.3 is 5.63 Å². The third kappa shape index (κ3) is 3.98. The van der Waals surface area contributed by atoms with Crippen LogP contribution in [0.5, 0.6) is 5.75 Å². The molecule has 0 bridgehead atoms. The van der Waals surface area contributed by atoms with Crippen molar-refractivity contribution in [3.63, 3.8) is 0 Å². The topological polar surface area (TPSA) is 68.5 Å². The number of carbonyl (C=O) groups excluding carboxylic acids is 1. The van der Waals surface area contributed by atoms with Gasteiger partial charge in [-0.2, -0.15) is 0 Å². The average molecular weight is 396 g/mol. The Kier molecular flexibility index (Phi) is 5.15. The first-order valence-electron chi connectivity index (χ1n) is 7.45. The molecule has 5 nitrogen and oxygen atoms in total. The van der Waals surface area contributed by atoms with Crippen molar-refractivity contribution < 1.29 is 18.3 Å². The molecule has 0 spiro atoms. The molecule has 0 saturated carbocycles. The number of aryl methyl sites for hydroxylation is 1. The first-order chi connectivity index (χ1) is 12.3. The summed E-state index contributed by atoms with van der Waals surface area (Å²) in [4.78, 5) is 23.5. The molecule has 0 atom stereocenters. The van der Waals surface area contributed by atoms with E-state index in [0.29, 0.717) is 16.7 Å². The Morgan fingerprint density at radius 2 is 1.96 bits per heavy atom. The van der Waals surface area contributed by atoms with Crippen LogP contribution in [0.25, 0.3) is 11.0 Å². The molecule has 1 amide bonds. The third-order valence-corrected chi connectivity index (χ3v) is 4.15. The summed E-state index contributed by atoms with van der Waals surface area (Å²) in [6.07, 6.45) is 0. The highest BCUT2D eigenvalue weighted by molar-refractivity contribution is 6.33. The number of hydrogen-bond donors (Lipinski definition) is 1. The molecule has 0 aliphatic carbocycles. The van der Waals surface area contributed by atoms with Gasteiger partial charge in [0, 0.05) is 23.2 Å². The fourth-order valence-electron chi connectivity index (χ4n) is 2.34. The van der Waals surface area contributed by atoms with Crippen LogP contribution in [0, 0.1) is 12.7 Å². The lowest BCUT2D eigenvalue weighted by atomic mass is 10.1. The van der Waals surface area contributed by atoms with Gasteiger partial charge in [-0.15, -0.1) is 0 Å². The number of amides is 1. The summed E-state index contributed by atoms with van der Waals surface area (Å²) >= 11 is 11.8. The summed E-state index contributed by atoms with van der Waals surface area (Å²) in [6, 6.07) is 8.22. The number of ether oxygens (including phenoxy) is 1. The second kappa shape index (κ2) is 7.35. The van der Waals surface area contributed by atoms with Gasteiger partial charge in [0.15, 0.2) is 6.61 Å². The third-order valence-electron chi connectivity index (χ3n) is 3.57. The van der Waals surface area contributed by atoms with E-state index in [1.807, 2.05) is 0 Å². The highest BCUT2D eigenvalue weighted by Gasteiger charge is 2.11. The first-order valence-corrected chi connectivity index (χ1v) is 8.21. The minimum Gasteiger partial charge on any atom is -0.482 e. The first kappa shape index (κ1) is 18.2. The zero-order chi connectivity index (χ0) is 18.8. The van der Waals surface area contributed by atoms with Gasteiger partial charge in [-0.25, -0.2) is 9.18 Å². The van der Waals surface area contributed by atoms with Crippen LogP contribution >= 0.6 is 23.2 Å². The monoisotopic (exact) mass is 395 g/mol. The Labute approximate surface area is 157 Å². The summed E-state index contributed by atoms with van der Waals surface area (Å²) < 4.78 is 23.6. The summed E-state index contributed by atoms with van der Waals surface area (Å²) in [5.41, 5.74) is 0.862. The summed E-state index contributed by atoms with van der Waals surface area (Å²) in [5.74, 6) is -0.879. The number of halogens is 3. The molecule has 26 heavy (non-hydrogen) atoms. The lowest BCUT2D eigenvalue weighted by Crippen LogP contribution is -2.20. The van der Waals surface area contributed by atoms with E-state index in [9.17, 15) is 14.0 Å². The molecular weight excluding hydrogens is 384 g/mol. The molecule has 0 unspecified atom stereocenters. The molecule has 0 radical (unpaired) electrons. The molecule has 1 aromatic heterocycles. The van der Waals surface area contributed by atoms with Gasteiger partial charge in [0.05, 0.1) is 10.0 Å². The van der Waals surface area contributed by atoms with Crippen LogP contribution in [0.3, 0.4) is 0 Å². The number of nitrogens with one attached hydrogen (secondary N) is 1. The van der Waals surface area contributed by atoms with Gasteiger partial charge in [-0.1, -0.05) is 23.2 Å². The highest BCUT2D eigenvalue weighted by Crippen LogP contribution is 2.31. The van der Waals surface area contributed by atoms with Crippen molar-refractivity contribution in [2.24, 2.45) is 0 Å². The normalized spacial score (nSPS) is 10.8. The maximum absolute atomic E-state index is 13.1. The van der Waals surface area contributed by atoms with Gasteiger partial charge in [0.1, 0.15) is 17.1 Å². The van der Waals surface area contributed by atoms with Crippen LogP contribution < -0.4 is 15.7 Å². The van der Waals surface area contributed by atoms with Crippen molar-refractivity contribution in [1.82, 2.24) is 0 Å². The smallest absolute Gasteiger partial charge is 0.336 e. The van der Waals surface area contributed by atoms with E-state index in [4.69, 9.17) is 32.4 Å². The van der Waals surface area contributed by atoms with Gasteiger partial charge in [0.2, 0.25) is 0 Å². The molecule has 0 saturated heterocycles. The zero-order valence-corrected chi connectivity index (χ0v) is 14.9. The molecule has 8 heteroatoms. The lowest BCUT2D eigenvalue weighted by molar-refractivity contribution is -0.118. The number of fused-ring (bicyclic) bond motifs is 1. The average Bonchev–Trinajstić information content (AvgIpc) is 2.57. The fourth-order valence-corrected chi connectivity index (χ4v) is 2.74. The van der Waals surface area contributed by atoms with Crippen molar-refractivity contribution in [3.05, 3.63) is 68.2 Å². The molecule has 0 aliphatic heterocycles. The summed E-state index contributed by atoms with van der Waals surface area (Å²) in [7, 11) is 0. The number of carbonyl (C=O) groups is 1. The van der Waals surface area contributed by atoms with Crippen molar-refractivity contribution in [3.8, 4) is 5.75 Å². The van der Waals surface area contributed by atoms with Gasteiger partial charge in [-0.3, -0.25) is 4.79 Å². The van der Waals surface area contributed by atoms with Crippen molar-refractivity contribution in [1.29, 1.82) is 0 Å². The van der Waals surface area contributed by atoms with E-state index in [0.717, 1.165) is 11.6 Å². The molecule has 0 fully saturated rings. The predicted octanol–water partition coefficient (Wildman–Crippen LogP) is 4.56. The van der Waals surface area contributed by atoms with E-state index in [-0.39, 0.29) is 22.4 Å². The van der Waals surface area contributed by atoms with Gasteiger partial charge < -0.3 is 14.5 Å². The molecule has 3 rings (SSSR count). The Balaban J connectivity index is 1.74. The zero-order valence-electron chi connectivity index (χ0n) is 13.4. The standard InChI is InChI=1S/C18H12Cl2FNO4/c1-9-4-18(24)26-15-7-16(13(20)6-11(9)15)25-8-17(23)22-10-2-3-14(21)12(19)5-10/h2-7H,8H2,1H3,(H,22,23). The Hall–Kier alpha value is -2.57. The van der Waals surface area contributed by atoms with Gasteiger partial charge in [0.25, 0.3) is 5.91 Å². The number of anilines is 1. The van der Waals surface area contributed by atoms with E-state index in [1.165, 1.54) is 24.3 Å². The molecular formula is C18H12Cl2FNO4. The van der Waals surface area contributed by atoms with Gasteiger partial charge in [-0.05, 0) is 36.8 Å². The molecule has 1 N–H and O–H groups in total. The van der Waals surface area contributed by atoms with E-state index in [1.54, 1.807) is 13.0 Å². The van der Waals surface area contributed by atoms with Crippen LogP contribution in [-0.2, 0) is 4.79 Å². The van der Waals surface area contributed by atoms with E-state index >= 15 is 0 Å². The van der Waals surface area contributed by atoms with Crippen molar-refractivity contribution in [2.75, 3.05) is 11.9 Å². The Morgan fingerprint density at radius 1 is 1.19 bits per heavy atom. The van der Waals surface area contributed by atoms with Crippen molar-refractivity contribution in [2.45, 2.75) is 6.92 Å². The molecule has 0 aliphatic rings. The highest BCUT2D eigenvalue weighted by atomic mass is 35.5. The van der Waals surface area contributed by atoms with Crippen LogP contribution in [0.1, 0.15) is 5.56 Å². The van der Waals surface area contributed by atoms with E-state index in [2.05, 4.69) is 5.32 Å². The maximum atomic E-state index is 13.1. The minimum atomic E-state index is -0.583. The number of rotatable bonds is 4. The minimum absolute atomic E-state index is 0.105. The van der Waals surface area contributed by atoms with Crippen LogP contribution in [0.4, 0.5) is 10.1 Å². The van der Waals surface area contributed by atoms with Crippen LogP contribution in [0.15, 0.2) is 45.6 Å². The second-order valence-corrected chi connectivity index (χ2v) is 6.31. The van der Waals surface area contributed by atoms with Crippen molar-refractivity contribution >= 4 is 45.8 Å².